The van der Waals surface area contributed by atoms with Crippen LogP contribution in [0.25, 0.3) is 10.8 Å². The average molecular weight is 835 g/mol. The summed E-state index contributed by atoms with van der Waals surface area (Å²) < 4.78 is 52.5. The number of hydrogen-bond donors (Lipinski definition) is 1. The first-order chi connectivity index (χ1) is 29.4. The molecule has 1 heterocycles. The average Bonchev–Trinajstić information content (AvgIpc) is 3.26. The predicted molar refractivity (Wildman–Crippen MR) is 223 cm³/mol. The van der Waals surface area contributed by atoms with Crippen molar-refractivity contribution in [3.63, 3.8) is 0 Å². The van der Waals surface area contributed by atoms with Crippen molar-refractivity contribution in [2.75, 3.05) is 74.1 Å². The van der Waals surface area contributed by atoms with E-state index in [9.17, 15) is 14.9 Å². The fourth-order valence-electron chi connectivity index (χ4n) is 7.10. The van der Waals surface area contributed by atoms with Crippen LogP contribution in [0.5, 0.6) is 17.2 Å². The Kier molecular flexibility index (Phi) is 19.5. The highest BCUT2D eigenvalue weighted by Crippen LogP contribution is 2.33. The topological polar surface area (TPSA) is 165 Å². The second kappa shape index (κ2) is 25.4. The molecule has 0 spiro atoms. The zero-order valence-electron chi connectivity index (χ0n) is 34.8. The van der Waals surface area contributed by atoms with Crippen molar-refractivity contribution in [3.05, 3.63) is 112 Å². The van der Waals surface area contributed by atoms with E-state index < -0.39 is 17.3 Å². The summed E-state index contributed by atoms with van der Waals surface area (Å²) in [7, 11) is 4.85. The largest absolute Gasteiger partial charge is 0.508 e. The number of carbonyl (C=O) groups excluding carboxylic acids is 1. The van der Waals surface area contributed by atoms with E-state index in [4.69, 9.17) is 42.6 Å². The Morgan fingerprint density at radius 3 is 2.27 bits per heavy atom. The van der Waals surface area contributed by atoms with E-state index in [1.54, 1.807) is 14.2 Å². The normalized spacial score (nSPS) is 16.8. The van der Waals surface area contributed by atoms with Gasteiger partial charge >= 0.3 is 6.16 Å². The lowest BCUT2D eigenvalue weighted by atomic mass is 9.85. The van der Waals surface area contributed by atoms with Gasteiger partial charge in [-0.1, -0.05) is 61.0 Å². The fraction of sp³-hybridized carbons (Fsp3) is 0.489. The molecule has 326 valence electrons. The second-order valence-electron chi connectivity index (χ2n) is 14.3. The SMILES string of the molecule is COCC(COC1CNCC(OCc2cc(OC)c3ccccc3c2)C1c1ccc(OCCCOCc2ccccc2OC)cc1)OC(=O)OCCCCCCO[N+](=O)[O-]. The summed E-state index contributed by atoms with van der Waals surface area (Å²) in [4.78, 5) is 27.2. The number of para-hydroxylation sites is 1. The Hall–Kier alpha value is -5.19. The van der Waals surface area contributed by atoms with Crippen LogP contribution >= 0.6 is 0 Å². The molecule has 0 bridgehead atoms. The first-order valence-electron chi connectivity index (χ1n) is 20.4. The Labute approximate surface area is 351 Å². The number of ether oxygens (including phenoxy) is 9. The minimum atomic E-state index is -0.818. The van der Waals surface area contributed by atoms with Crippen molar-refractivity contribution in [1.29, 1.82) is 0 Å². The maximum atomic E-state index is 12.6. The molecule has 60 heavy (non-hydrogen) atoms. The van der Waals surface area contributed by atoms with E-state index in [-0.39, 0.29) is 44.6 Å². The number of nitrogens with zero attached hydrogens (tertiary/aromatic N) is 1. The molecule has 0 aromatic heterocycles. The molecule has 1 aliphatic heterocycles. The van der Waals surface area contributed by atoms with Crippen molar-refractivity contribution < 1.29 is 57.4 Å². The minimum Gasteiger partial charge on any atom is -0.496 e. The van der Waals surface area contributed by atoms with Crippen molar-refractivity contribution in [3.8, 4) is 17.2 Å². The Morgan fingerprint density at radius 2 is 1.50 bits per heavy atom. The van der Waals surface area contributed by atoms with Gasteiger partial charge in [-0.15, -0.1) is 10.1 Å². The number of methoxy groups -OCH3 is 3. The first kappa shape index (κ1) is 45.9. The van der Waals surface area contributed by atoms with E-state index in [0.717, 1.165) is 57.6 Å². The number of carbonyl (C=O) groups is 1. The third-order valence-electron chi connectivity index (χ3n) is 10.0. The molecule has 0 saturated carbocycles. The molecule has 1 aliphatic rings. The summed E-state index contributed by atoms with van der Waals surface area (Å²) in [6, 6.07) is 28.1. The van der Waals surface area contributed by atoms with Gasteiger partial charge in [0.15, 0.2) is 6.10 Å². The van der Waals surface area contributed by atoms with Gasteiger partial charge in [-0.2, -0.15) is 0 Å². The molecule has 15 heteroatoms. The number of nitrogens with one attached hydrogen (secondary N) is 1. The smallest absolute Gasteiger partial charge is 0.496 e. The summed E-state index contributed by atoms with van der Waals surface area (Å²) in [5, 5.41) is 15.1. The predicted octanol–water partition coefficient (Wildman–Crippen LogP) is 7.44. The Bertz CT molecular complexity index is 1880. The number of benzene rings is 4. The summed E-state index contributed by atoms with van der Waals surface area (Å²) in [6.07, 6.45) is 1.13. The lowest BCUT2D eigenvalue weighted by Crippen LogP contribution is -2.51. The van der Waals surface area contributed by atoms with E-state index in [0.29, 0.717) is 58.8 Å². The standard InChI is InChI=1S/C45H58N2O13/c1-51-31-38(60-45(48)56-22-10-4-5-11-24-59-47(49)50)32-58-43-28-46-27-42(57-29-33-25-35-13-6-8-15-39(35)41(26-33)53-3)44(43)34-17-19-37(20-18-34)55-23-12-21-54-30-36-14-7-9-16-40(36)52-2/h6-9,13-20,25-26,38,42-44,46H,4-5,10-12,21-24,27-32H2,1-3H3. The van der Waals surface area contributed by atoms with Crippen LogP contribution in [0.4, 0.5) is 4.79 Å². The summed E-state index contributed by atoms with van der Waals surface area (Å²) in [5.74, 6) is 2.15. The van der Waals surface area contributed by atoms with Gasteiger partial charge < -0.3 is 52.8 Å². The quantitative estimate of drug-likeness (QED) is 0.0273. The maximum absolute atomic E-state index is 12.6. The van der Waals surface area contributed by atoms with E-state index in [1.165, 1.54) is 7.11 Å². The van der Waals surface area contributed by atoms with Crippen LogP contribution in [0.2, 0.25) is 0 Å². The van der Waals surface area contributed by atoms with Crippen molar-refractivity contribution in [2.24, 2.45) is 0 Å². The zero-order valence-corrected chi connectivity index (χ0v) is 34.8. The molecule has 1 fully saturated rings. The summed E-state index contributed by atoms with van der Waals surface area (Å²) in [5.41, 5.74) is 3.00. The van der Waals surface area contributed by atoms with Crippen LogP contribution in [0.3, 0.4) is 0 Å². The molecule has 4 aromatic carbocycles. The summed E-state index contributed by atoms with van der Waals surface area (Å²) >= 11 is 0. The van der Waals surface area contributed by atoms with E-state index in [2.05, 4.69) is 22.3 Å². The molecule has 4 atom stereocenters. The van der Waals surface area contributed by atoms with Gasteiger partial charge in [-0.25, -0.2) is 4.79 Å². The van der Waals surface area contributed by atoms with Gasteiger partial charge in [0.2, 0.25) is 0 Å². The molecule has 0 amide bonds. The minimum absolute atomic E-state index is 0.0434. The van der Waals surface area contributed by atoms with Gasteiger partial charge in [0, 0.05) is 43.5 Å². The highest BCUT2D eigenvalue weighted by Gasteiger charge is 2.37. The lowest BCUT2D eigenvalue weighted by Gasteiger charge is -2.39. The van der Waals surface area contributed by atoms with Crippen LogP contribution in [0, 0.1) is 10.1 Å². The molecule has 5 rings (SSSR count). The van der Waals surface area contributed by atoms with Crippen LogP contribution < -0.4 is 19.5 Å². The molecular weight excluding hydrogens is 776 g/mol. The first-order valence-corrected chi connectivity index (χ1v) is 20.4. The van der Waals surface area contributed by atoms with Crippen LogP contribution in [0.15, 0.2) is 84.9 Å². The Balaban J connectivity index is 1.19. The molecule has 15 nitrogen and oxygen atoms in total. The third kappa shape index (κ3) is 14.8. The number of piperidine rings is 1. The number of hydrogen-bond acceptors (Lipinski definition) is 14. The Morgan fingerprint density at radius 1 is 0.767 bits per heavy atom. The molecule has 1 N–H and O–H groups in total. The molecule has 0 radical (unpaired) electrons. The third-order valence-corrected chi connectivity index (χ3v) is 10.0. The number of unbranched alkanes of at least 4 members (excludes halogenated alkanes) is 3. The van der Waals surface area contributed by atoms with Gasteiger partial charge in [-0.3, -0.25) is 0 Å². The fourth-order valence-corrected chi connectivity index (χ4v) is 7.10. The van der Waals surface area contributed by atoms with Crippen molar-refractivity contribution >= 4 is 16.9 Å². The molecule has 0 aliphatic carbocycles. The highest BCUT2D eigenvalue weighted by molar-refractivity contribution is 5.89. The zero-order chi connectivity index (χ0) is 42.4. The highest BCUT2D eigenvalue weighted by atomic mass is 16.9. The van der Waals surface area contributed by atoms with Crippen molar-refractivity contribution in [2.45, 2.75) is 69.5 Å². The van der Waals surface area contributed by atoms with Gasteiger partial charge in [-0.05, 0) is 66.1 Å². The number of rotatable bonds is 27. The van der Waals surface area contributed by atoms with Crippen LogP contribution in [0.1, 0.15) is 54.7 Å². The van der Waals surface area contributed by atoms with Gasteiger partial charge in [0.05, 0.1) is 79.3 Å². The van der Waals surface area contributed by atoms with Gasteiger partial charge in [0.1, 0.15) is 17.2 Å². The van der Waals surface area contributed by atoms with Crippen LogP contribution in [-0.4, -0.2) is 104 Å². The maximum Gasteiger partial charge on any atom is 0.508 e. The molecule has 4 aromatic rings. The van der Waals surface area contributed by atoms with Crippen molar-refractivity contribution in [1.82, 2.24) is 5.32 Å². The monoisotopic (exact) mass is 834 g/mol. The molecule has 4 unspecified atom stereocenters. The van der Waals surface area contributed by atoms with E-state index >= 15 is 0 Å². The number of fused-ring (bicyclic) bond motifs is 1. The van der Waals surface area contributed by atoms with E-state index in [1.807, 2.05) is 72.8 Å². The van der Waals surface area contributed by atoms with Crippen LogP contribution in [-0.2, 0) is 46.5 Å². The lowest BCUT2D eigenvalue weighted by molar-refractivity contribution is -0.757. The summed E-state index contributed by atoms with van der Waals surface area (Å²) in [6.45, 7) is 3.37. The molecule has 1 saturated heterocycles. The molecular formula is C45H58N2O13. The van der Waals surface area contributed by atoms with Gasteiger partial charge in [0.25, 0.3) is 5.09 Å². The second-order valence-corrected chi connectivity index (χ2v) is 14.3.